The van der Waals surface area contributed by atoms with Crippen LogP contribution in [-0.4, -0.2) is 74.8 Å². The van der Waals surface area contributed by atoms with Crippen molar-refractivity contribution in [3.05, 3.63) is 30.1 Å². The molecule has 1 fully saturated rings. The van der Waals surface area contributed by atoms with Gasteiger partial charge in [-0.05, 0) is 38.1 Å². The minimum absolute atomic E-state index is 0.0891. The first-order valence-corrected chi connectivity index (χ1v) is 9.93. The molecule has 0 unspecified atom stereocenters. The second-order valence-corrected chi connectivity index (χ2v) is 7.95. The van der Waals surface area contributed by atoms with Crippen LogP contribution in [0.1, 0.15) is 18.5 Å². The molecule has 1 aromatic heterocycles. The van der Waals surface area contributed by atoms with Crippen molar-refractivity contribution in [2.24, 2.45) is 0 Å². The Balaban J connectivity index is 1.82. The number of aromatic nitrogens is 1. The van der Waals surface area contributed by atoms with Gasteiger partial charge in [-0.25, -0.2) is 8.42 Å². The highest BCUT2D eigenvalue weighted by atomic mass is 32.2. The van der Waals surface area contributed by atoms with Crippen LogP contribution in [-0.2, 0) is 21.2 Å². The Bertz CT molecular complexity index is 557. The highest BCUT2D eigenvalue weighted by Crippen LogP contribution is 2.19. The maximum absolute atomic E-state index is 12.0. The number of sulfonamides is 1. The molecule has 0 saturated carbocycles. The van der Waals surface area contributed by atoms with Gasteiger partial charge in [0.05, 0.1) is 12.9 Å². The van der Waals surface area contributed by atoms with E-state index in [2.05, 4.69) is 9.88 Å². The van der Waals surface area contributed by atoms with Crippen molar-refractivity contribution < 1.29 is 13.2 Å². The normalized spacial score (nSPS) is 17.7. The van der Waals surface area contributed by atoms with Crippen molar-refractivity contribution in [2.75, 3.05) is 46.2 Å². The largest absolute Gasteiger partial charge is 0.383 e. The average molecular weight is 341 g/mol. The van der Waals surface area contributed by atoms with E-state index in [-0.39, 0.29) is 6.04 Å². The standard InChI is InChI=1S/C16H27N3O3S/c1-22-14-13-19(23(2,20)21)16-7-11-18(12-8-16)10-6-15-5-3-4-9-17-15/h3-5,9,16H,6-8,10-14H2,1-2H3. The van der Waals surface area contributed by atoms with E-state index in [0.29, 0.717) is 13.2 Å². The number of piperidine rings is 1. The molecular weight excluding hydrogens is 314 g/mol. The number of rotatable bonds is 8. The smallest absolute Gasteiger partial charge is 0.211 e. The highest BCUT2D eigenvalue weighted by molar-refractivity contribution is 7.88. The lowest BCUT2D eigenvalue weighted by Crippen LogP contribution is -2.48. The third-order valence-electron chi connectivity index (χ3n) is 4.32. The molecule has 0 spiro atoms. The first-order valence-electron chi connectivity index (χ1n) is 8.08. The summed E-state index contributed by atoms with van der Waals surface area (Å²) in [6, 6.07) is 6.07. The van der Waals surface area contributed by atoms with Crippen LogP contribution in [0.4, 0.5) is 0 Å². The van der Waals surface area contributed by atoms with E-state index >= 15 is 0 Å². The van der Waals surface area contributed by atoms with Crippen LogP contribution in [0, 0.1) is 0 Å². The number of nitrogens with zero attached hydrogens (tertiary/aromatic N) is 3. The topological polar surface area (TPSA) is 62.7 Å². The third-order valence-corrected chi connectivity index (χ3v) is 5.65. The van der Waals surface area contributed by atoms with E-state index in [1.165, 1.54) is 6.26 Å². The summed E-state index contributed by atoms with van der Waals surface area (Å²) in [7, 11) is -1.59. The zero-order chi connectivity index (χ0) is 16.7. The molecule has 0 radical (unpaired) electrons. The van der Waals surface area contributed by atoms with E-state index < -0.39 is 10.0 Å². The molecule has 23 heavy (non-hydrogen) atoms. The van der Waals surface area contributed by atoms with Crippen LogP contribution in [0.3, 0.4) is 0 Å². The summed E-state index contributed by atoms with van der Waals surface area (Å²) >= 11 is 0. The van der Waals surface area contributed by atoms with E-state index in [1.54, 1.807) is 11.4 Å². The number of likely N-dealkylation sites (tertiary alicyclic amines) is 1. The van der Waals surface area contributed by atoms with E-state index in [9.17, 15) is 8.42 Å². The summed E-state index contributed by atoms with van der Waals surface area (Å²) in [6.45, 7) is 3.70. The van der Waals surface area contributed by atoms with Crippen molar-refractivity contribution in [1.29, 1.82) is 0 Å². The van der Waals surface area contributed by atoms with Gasteiger partial charge in [-0.15, -0.1) is 0 Å². The molecule has 1 aromatic rings. The summed E-state index contributed by atoms with van der Waals surface area (Å²) in [5.41, 5.74) is 1.10. The molecular formula is C16H27N3O3S. The SMILES string of the molecule is COCCN(C1CCN(CCc2ccccn2)CC1)S(C)(=O)=O. The quantitative estimate of drug-likeness (QED) is 0.706. The summed E-state index contributed by atoms with van der Waals surface area (Å²) in [5.74, 6) is 0. The first kappa shape index (κ1) is 18.3. The number of hydrogen-bond donors (Lipinski definition) is 0. The Kier molecular flexibility index (Phi) is 6.95. The number of methoxy groups -OCH3 is 1. The van der Waals surface area contributed by atoms with Crippen LogP contribution in [0.2, 0.25) is 0 Å². The summed E-state index contributed by atoms with van der Waals surface area (Å²) in [4.78, 5) is 6.74. The number of pyridine rings is 1. The average Bonchev–Trinajstić information content (AvgIpc) is 2.54. The second kappa shape index (κ2) is 8.73. The highest BCUT2D eigenvalue weighted by Gasteiger charge is 2.29. The maximum Gasteiger partial charge on any atom is 0.211 e. The fourth-order valence-electron chi connectivity index (χ4n) is 3.05. The third kappa shape index (κ3) is 5.84. The fourth-order valence-corrected chi connectivity index (χ4v) is 4.21. The van der Waals surface area contributed by atoms with Crippen molar-refractivity contribution in [3.63, 3.8) is 0 Å². The minimum atomic E-state index is -3.18. The zero-order valence-corrected chi connectivity index (χ0v) is 14.8. The van der Waals surface area contributed by atoms with Crippen LogP contribution < -0.4 is 0 Å². The Labute approximate surface area is 139 Å². The van der Waals surface area contributed by atoms with Crippen molar-refractivity contribution in [2.45, 2.75) is 25.3 Å². The second-order valence-electron chi connectivity index (χ2n) is 6.01. The minimum Gasteiger partial charge on any atom is -0.383 e. The van der Waals surface area contributed by atoms with Gasteiger partial charge in [-0.2, -0.15) is 4.31 Å². The molecule has 130 valence electrons. The Morgan fingerprint density at radius 3 is 2.65 bits per heavy atom. The molecule has 0 aliphatic carbocycles. The van der Waals surface area contributed by atoms with E-state index in [1.807, 2.05) is 24.4 Å². The lowest BCUT2D eigenvalue weighted by molar-refractivity contribution is 0.128. The predicted molar refractivity (Wildman–Crippen MR) is 90.8 cm³/mol. The summed E-state index contributed by atoms with van der Waals surface area (Å²) < 4.78 is 30.6. The van der Waals surface area contributed by atoms with Gasteiger partial charge in [0.15, 0.2) is 0 Å². The van der Waals surface area contributed by atoms with Gasteiger partial charge in [0.2, 0.25) is 10.0 Å². The predicted octanol–water partition coefficient (Wildman–Crippen LogP) is 0.996. The maximum atomic E-state index is 12.0. The molecule has 0 amide bonds. The van der Waals surface area contributed by atoms with Gasteiger partial charge in [0.25, 0.3) is 0 Å². The summed E-state index contributed by atoms with van der Waals surface area (Å²) in [5, 5.41) is 0. The van der Waals surface area contributed by atoms with Crippen molar-refractivity contribution >= 4 is 10.0 Å². The molecule has 1 saturated heterocycles. The van der Waals surface area contributed by atoms with Crippen molar-refractivity contribution in [3.8, 4) is 0 Å². The number of ether oxygens (including phenoxy) is 1. The molecule has 0 bridgehead atoms. The van der Waals surface area contributed by atoms with Gasteiger partial charge < -0.3 is 9.64 Å². The van der Waals surface area contributed by atoms with Gasteiger partial charge >= 0.3 is 0 Å². The molecule has 6 nitrogen and oxygen atoms in total. The van der Waals surface area contributed by atoms with Gasteiger partial charge in [-0.1, -0.05) is 6.07 Å². The van der Waals surface area contributed by atoms with Gasteiger partial charge in [0, 0.05) is 44.6 Å². The molecule has 2 heterocycles. The van der Waals surface area contributed by atoms with Crippen LogP contribution in [0.5, 0.6) is 0 Å². The Morgan fingerprint density at radius 1 is 1.35 bits per heavy atom. The lowest BCUT2D eigenvalue weighted by atomic mass is 10.0. The molecule has 1 aliphatic heterocycles. The first-order chi connectivity index (χ1) is 11.0. The van der Waals surface area contributed by atoms with E-state index in [4.69, 9.17) is 4.74 Å². The fraction of sp³-hybridized carbons (Fsp3) is 0.688. The van der Waals surface area contributed by atoms with Crippen LogP contribution in [0.25, 0.3) is 0 Å². The Morgan fingerprint density at radius 2 is 2.09 bits per heavy atom. The zero-order valence-electron chi connectivity index (χ0n) is 14.0. The summed E-state index contributed by atoms with van der Waals surface area (Å²) in [6.07, 6.45) is 5.79. The molecule has 1 aliphatic rings. The van der Waals surface area contributed by atoms with Crippen LogP contribution >= 0.6 is 0 Å². The molecule has 7 heteroatoms. The Hall–Kier alpha value is -1.02. The van der Waals surface area contributed by atoms with Crippen LogP contribution in [0.15, 0.2) is 24.4 Å². The monoisotopic (exact) mass is 341 g/mol. The molecule has 2 rings (SSSR count). The molecule has 0 atom stereocenters. The van der Waals surface area contributed by atoms with Gasteiger partial charge in [-0.3, -0.25) is 4.98 Å². The van der Waals surface area contributed by atoms with Gasteiger partial charge in [0.1, 0.15) is 0 Å². The van der Waals surface area contributed by atoms with E-state index in [0.717, 1.165) is 44.6 Å². The lowest BCUT2D eigenvalue weighted by Gasteiger charge is -2.37. The van der Waals surface area contributed by atoms with Crippen molar-refractivity contribution in [1.82, 2.24) is 14.2 Å². The number of hydrogen-bond acceptors (Lipinski definition) is 5. The molecule has 0 N–H and O–H groups in total. The molecule has 0 aromatic carbocycles.